The van der Waals surface area contributed by atoms with Gasteiger partial charge in [-0.25, -0.2) is 0 Å². The number of rotatable bonds is 8. The van der Waals surface area contributed by atoms with Crippen molar-refractivity contribution in [3.8, 4) is 22.3 Å². The van der Waals surface area contributed by atoms with Gasteiger partial charge < -0.3 is 17.2 Å². The van der Waals surface area contributed by atoms with Gasteiger partial charge in [-0.05, 0) is 77.9 Å². The first-order valence-electron chi connectivity index (χ1n) is 15.2. The van der Waals surface area contributed by atoms with Gasteiger partial charge in [0, 0.05) is 75.7 Å². The molecule has 0 aliphatic carbocycles. The molecule has 6 N–H and O–H groups in total. The van der Waals surface area contributed by atoms with E-state index in [9.17, 15) is 0 Å². The van der Waals surface area contributed by atoms with Crippen LogP contribution in [-0.2, 0) is 13.1 Å². The molecule has 6 aromatic rings. The molecule has 0 fully saturated rings. The largest absolute Gasteiger partial charge is 0.398 e. The van der Waals surface area contributed by atoms with E-state index in [2.05, 4.69) is 0 Å². The molecule has 0 heterocycles. The van der Waals surface area contributed by atoms with Crippen LogP contribution < -0.4 is 17.2 Å². The maximum absolute atomic E-state index is 6.85. The van der Waals surface area contributed by atoms with Crippen molar-refractivity contribution in [2.75, 3.05) is 5.73 Å². The lowest BCUT2D eigenvalue weighted by atomic mass is 10.0. The van der Waals surface area contributed by atoms with Crippen LogP contribution in [0.25, 0.3) is 22.3 Å². The van der Waals surface area contributed by atoms with E-state index >= 15 is 0 Å². The Morgan fingerprint density at radius 3 is 1.30 bits per heavy atom. The summed E-state index contributed by atoms with van der Waals surface area (Å²) in [6.07, 6.45) is 0. The maximum atomic E-state index is 6.85. The topological polar surface area (TPSA) is 78.1 Å². The zero-order valence-electron chi connectivity index (χ0n) is 26.9. The van der Waals surface area contributed by atoms with E-state index in [1.165, 1.54) is 23.5 Å². The number of nitrogens with two attached hydrogens (primary N) is 3. The van der Waals surface area contributed by atoms with Gasteiger partial charge in [-0.15, -0.1) is 0 Å². The molecule has 0 unspecified atom stereocenters. The van der Waals surface area contributed by atoms with Gasteiger partial charge in [0.1, 0.15) is 0 Å². The van der Waals surface area contributed by atoms with Gasteiger partial charge in [-0.1, -0.05) is 164 Å². The first-order valence-corrected chi connectivity index (χ1v) is 20.6. The predicted octanol–water partition coefficient (Wildman–Crippen LogP) is 16.0. The molecular formula is C38H25Cl10N3S2. The average molecular weight is 942 g/mol. The summed E-state index contributed by atoms with van der Waals surface area (Å²) in [5.41, 5.74) is 22.4. The van der Waals surface area contributed by atoms with Crippen molar-refractivity contribution >= 4 is 145 Å². The van der Waals surface area contributed by atoms with Gasteiger partial charge in [-0.2, -0.15) is 0 Å². The minimum absolute atomic E-state index is 0.383. The molecule has 0 atom stereocenters. The molecule has 0 aromatic heterocycles. The summed E-state index contributed by atoms with van der Waals surface area (Å²) in [6, 6.07) is 27.0. The number of nitrogen functional groups attached to an aromatic ring is 1. The molecule has 0 saturated heterocycles. The first-order chi connectivity index (χ1) is 25.2. The van der Waals surface area contributed by atoms with Gasteiger partial charge in [0.2, 0.25) is 0 Å². The lowest BCUT2D eigenvalue weighted by molar-refractivity contribution is 1.07. The summed E-state index contributed by atoms with van der Waals surface area (Å²) in [5, 5.41) is 4.96. The SMILES string of the molecule is NCc1ccc(-c2c(Cl)ccc(Sc3ccc(Cl)c(-c4ccc(CN)cc4Cl)c3Cl)c2Cl)c(Cl)c1.Nc1cc(Cl)c(Cl)cc1Sc1ccc(Cl)cc1Cl. The number of benzene rings is 6. The van der Waals surface area contributed by atoms with E-state index in [4.69, 9.17) is 133 Å². The molecule has 0 radical (unpaired) electrons. The number of anilines is 1. The van der Waals surface area contributed by atoms with Crippen molar-refractivity contribution in [2.45, 2.75) is 32.7 Å². The van der Waals surface area contributed by atoms with Crippen molar-refractivity contribution in [2.24, 2.45) is 11.5 Å². The second kappa shape index (κ2) is 19.2. The minimum Gasteiger partial charge on any atom is -0.398 e. The normalized spacial score (nSPS) is 11.0. The summed E-state index contributed by atoms with van der Waals surface area (Å²) in [6.45, 7) is 0.765. The molecule has 0 aliphatic rings. The summed E-state index contributed by atoms with van der Waals surface area (Å²) in [4.78, 5) is 3.16. The highest BCUT2D eigenvalue weighted by Gasteiger charge is 2.20. The zero-order valence-corrected chi connectivity index (χ0v) is 36.1. The Hall–Kier alpha value is -1.36. The smallest absolute Gasteiger partial charge is 0.0639 e. The van der Waals surface area contributed by atoms with Crippen molar-refractivity contribution in [3.05, 3.63) is 152 Å². The average Bonchev–Trinajstić information content (AvgIpc) is 3.12. The van der Waals surface area contributed by atoms with Crippen LogP contribution >= 0.6 is 140 Å². The van der Waals surface area contributed by atoms with Crippen LogP contribution in [0, 0.1) is 0 Å². The zero-order chi connectivity index (χ0) is 38.6. The lowest BCUT2D eigenvalue weighted by Crippen LogP contribution is -1.96. The molecule has 0 amide bonds. The van der Waals surface area contributed by atoms with Crippen LogP contribution in [-0.4, -0.2) is 0 Å². The Balaban J connectivity index is 0.000000252. The fourth-order valence-electron chi connectivity index (χ4n) is 4.92. The minimum atomic E-state index is 0.383. The third-order valence-corrected chi connectivity index (χ3v) is 13.5. The number of hydrogen-bond donors (Lipinski definition) is 3. The summed E-state index contributed by atoms with van der Waals surface area (Å²) in [7, 11) is 0. The van der Waals surface area contributed by atoms with Crippen molar-refractivity contribution in [3.63, 3.8) is 0 Å². The third kappa shape index (κ3) is 10.3. The van der Waals surface area contributed by atoms with E-state index in [1.807, 2.05) is 54.6 Å². The first kappa shape index (κ1) is 42.8. The van der Waals surface area contributed by atoms with Crippen molar-refractivity contribution in [1.82, 2.24) is 0 Å². The van der Waals surface area contributed by atoms with E-state index < -0.39 is 0 Å². The van der Waals surface area contributed by atoms with Crippen LogP contribution in [0.4, 0.5) is 5.69 Å². The van der Waals surface area contributed by atoms with Crippen LogP contribution in [0.3, 0.4) is 0 Å². The molecule has 6 aromatic carbocycles. The van der Waals surface area contributed by atoms with E-state index in [1.54, 1.807) is 36.4 Å². The Kier molecular flexibility index (Phi) is 15.5. The molecule has 6 rings (SSSR count). The molecule has 3 nitrogen and oxygen atoms in total. The molecule has 15 heteroatoms. The quantitative estimate of drug-likeness (QED) is 0.133. The second-order valence-electron chi connectivity index (χ2n) is 11.1. The fourth-order valence-corrected chi connectivity index (χ4v) is 9.60. The molecule has 0 aliphatic heterocycles. The van der Waals surface area contributed by atoms with Gasteiger partial charge in [-0.3, -0.25) is 0 Å². The monoisotopic (exact) mass is 937 g/mol. The van der Waals surface area contributed by atoms with Crippen LogP contribution in [0.1, 0.15) is 11.1 Å². The van der Waals surface area contributed by atoms with Crippen LogP contribution in [0.5, 0.6) is 0 Å². The Morgan fingerprint density at radius 2 is 0.849 bits per heavy atom. The molecule has 53 heavy (non-hydrogen) atoms. The summed E-state index contributed by atoms with van der Waals surface area (Å²) < 4.78 is 0. The van der Waals surface area contributed by atoms with E-state index in [0.29, 0.717) is 80.1 Å². The summed E-state index contributed by atoms with van der Waals surface area (Å²) >= 11 is 66.4. The van der Waals surface area contributed by atoms with Gasteiger partial charge >= 0.3 is 0 Å². The fraction of sp³-hybridized carbons (Fsp3) is 0.0526. The highest BCUT2D eigenvalue weighted by molar-refractivity contribution is 8.00. The van der Waals surface area contributed by atoms with Gasteiger partial charge in [0.05, 0.1) is 35.2 Å². The maximum Gasteiger partial charge on any atom is 0.0639 e. The lowest BCUT2D eigenvalue weighted by Gasteiger charge is -2.16. The molecule has 0 bridgehead atoms. The van der Waals surface area contributed by atoms with Gasteiger partial charge in [0.15, 0.2) is 0 Å². The number of halogens is 10. The molecule has 274 valence electrons. The van der Waals surface area contributed by atoms with Crippen LogP contribution in [0.15, 0.2) is 111 Å². The highest BCUT2D eigenvalue weighted by Crippen LogP contribution is 2.49. The Morgan fingerprint density at radius 1 is 0.396 bits per heavy atom. The van der Waals surface area contributed by atoms with E-state index in [-0.39, 0.29) is 0 Å². The Labute approximate surface area is 366 Å². The molecular weight excluding hydrogens is 917 g/mol. The Bertz CT molecular complexity index is 2210. The third-order valence-electron chi connectivity index (χ3n) is 7.57. The van der Waals surface area contributed by atoms with Gasteiger partial charge in [0.25, 0.3) is 0 Å². The predicted molar refractivity (Wildman–Crippen MR) is 235 cm³/mol. The second-order valence-corrected chi connectivity index (χ2v) is 17.3. The summed E-state index contributed by atoms with van der Waals surface area (Å²) in [5.74, 6) is 0. The number of hydrogen-bond acceptors (Lipinski definition) is 5. The van der Waals surface area contributed by atoms with E-state index in [0.717, 1.165) is 41.8 Å². The molecule has 0 saturated carbocycles. The van der Waals surface area contributed by atoms with Crippen molar-refractivity contribution < 1.29 is 0 Å². The molecule has 0 spiro atoms. The highest BCUT2D eigenvalue weighted by atomic mass is 35.5. The van der Waals surface area contributed by atoms with Crippen molar-refractivity contribution in [1.29, 1.82) is 0 Å². The van der Waals surface area contributed by atoms with Crippen LogP contribution in [0.2, 0.25) is 50.2 Å². The standard InChI is InChI=1S/C26H18Cl6N2S.C12H7Cl4NS/c27-17-5-7-21(25(31)23(17)15-3-1-13(11-33)9-19(15)29)35-22-8-6-18(28)24(26(22)32)16-4-2-14(12-34)10-20(16)30;13-6-1-2-11(9(16)3-6)18-12-5-8(15)7(14)4-10(12)17/h1-10H,11-12,33-34H2;1-5H,17H2.